The van der Waals surface area contributed by atoms with E-state index in [1.807, 2.05) is 13.1 Å². The van der Waals surface area contributed by atoms with E-state index in [1.54, 1.807) is 0 Å². The number of aryl methyl sites for hydroxylation is 1. The van der Waals surface area contributed by atoms with Crippen LogP contribution in [0.15, 0.2) is 6.20 Å². The van der Waals surface area contributed by atoms with Crippen molar-refractivity contribution in [2.75, 3.05) is 19.6 Å². The molecule has 0 amide bonds. The molecule has 0 bridgehead atoms. The summed E-state index contributed by atoms with van der Waals surface area (Å²) in [6.07, 6.45) is 4.40. The molecule has 2 N–H and O–H groups in total. The fraction of sp³-hybridized carbons (Fsp3) is 0.800. The Morgan fingerprint density at radius 2 is 2.05 bits per heavy atom. The van der Waals surface area contributed by atoms with Crippen LogP contribution in [0.5, 0.6) is 0 Å². The van der Waals surface area contributed by atoms with Gasteiger partial charge in [0.15, 0.2) is 0 Å². The summed E-state index contributed by atoms with van der Waals surface area (Å²) in [5, 5.41) is 3.70. The van der Waals surface area contributed by atoms with Crippen molar-refractivity contribution in [3.63, 3.8) is 0 Å². The van der Waals surface area contributed by atoms with E-state index in [1.165, 1.54) is 32.5 Å². The number of rotatable bonds is 5. The van der Waals surface area contributed by atoms with Gasteiger partial charge in [0.25, 0.3) is 0 Å². The van der Waals surface area contributed by atoms with Crippen LogP contribution in [0.3, 0.4) is 0 Å². The molecule has 1 aliphatic heterocycles. The summed E-state index contributed by atoms with van der Waals surface area (Å²) in [5.74, 6) is 1.83. The van der Waals surface area contributed by atoms with Crippen LogP contribution in [0, 0.1) is 12.8 Å². The summed E-state index contributed by atoms with van der Waals surface area (Å²) in [4.78, 5) is 10.3. The standard InChI is InChI=1S/C15H28N4/c1-11(2)10-19-7-5-14(6-8-19)18-13(4)15-16-9-12(3)17-15/h9,11,13-14,18H,5-8,10H2,1-4H3,(H,16,17). The zero-order chi connectivity index (χ0) is 13.8. The number of nitrogens with one attached hydrogen (secondary N) is 2. The zero-order valence-electron chi connectivity index (χ0n) is 12.7. The minimum absolute atomic E-state index is 0.315. The fourth-order valence-electron chi connectivity index (χ4n) is 2.88. The molecule has 1 aromatic heterocycles. The first-order valence-corrected chi connectivity index (χ1v) is 7.54. The highest BCUT2D eigenvalue weighted by Crippen LogP contribution is 2.16. The second-order valence-corrected chi connectivity index (χ2v) is 6.31. The SMILES string of the molecule is Cc1cnc(C(C)NC2CCN(CC(C)C)CC2)[nH]1. The minimum Gasteiger partial charge on any atom is -0.345 e. The summed E-state index contributed by atoms with van der Waals surface area (Å²) < 4.78 is 0. The molecule has 1 saturated heterocycles. The molecule has 1 unspecified atom stereocenters. The smallest absolute Gasteiger partial charge is 0.123 e. The molecule has 0 aliphatic carbocycles. The van der Waals surface area contributed by atoms with E-state index in [-0.39, 0.29) is 0 Å². The van der Waals surface area contributed by atoms with Crippen LogP contribution in [0.25, 0.3) is 0 Å². The Balaban J connectivity index is 1.76. The summed E-state index contributed by atoms with van der Waals surface area (Å²) in [6, 6.07) is 0.944. The van der Waals surface area contributed by atoms with Gasteiger partial charge in [-0.1, -0.05) is 13.8 Å². The molecule has 1 atom stereocenters. The van der Waals surface area contributed by atoms with Crippen molar-refractivity contribution in [1.82, 2.24) is 20.2 Å². The molecule has 4 nitrogen and oxygen atoms in total. The van der Waals surface area contributed by atoms with Crippen LogP contribution in [0.4, 0.5) is 0 Å². The zero-order valence-corrected chi connectivity index (χ0v) is 12.7. The maximum absolute atomic E-state index is 4.41. The molecule has 4 heteroatoms. The van der Waals surface area contributed by atoms with Crippen molar-refractivity contribution < 1.29 is 0 Å². The molecule has 1 aliphatic rings. The van der Waals surface area contributed by atoms with Crippen LogP contribution < -0.4 is 5.32 Å². The van der Waals surface area contributed by atoms with E-state index in [4.69, 9.17) is 0 Å². The summed E-state index contributed by atoms with van der Waals surface area (Å²) in [7, 11) is 0. The third-order valence-corrected chi connectivity index (χ3v) is 3.83. The van der Waals surface area contributed by atoms with E-state index in [0.29, 0.717) is 12.1 Å². The number of imidazole rings is 1. The minimum atomic E-state index is 0.315. The number of hydrogen-bond acceptors (Lipinski definition) is 3. The van der Waals surface area contributed by atoms with Crippen LogP contribution in [-0.2, 0) is 0 Å². The Morgan fingerprint density at radius 1 is 1.37 bits per heavy atom. The van der Waals surface area contributed by atoms with Crippen molar-refractivity contribution in [2.45, 2.75) is 52.6 Å². The molecule has 0 saturated carbocycles. The third kappa shape index (κ3) is 4.32. The maximum Gasteiger partial charge on any atom is 0.123 e. The topological polar surface area (TPSA) is 44.0 Å². The van der Waals surface area contributed by atoms with E-state index in [2.05, 4.69) is 41.0 Å². The largest absolute Gasteiger partial charge is 0.345 e. The van der Waals surface area contributed by atoms with Crippen molar-refractivity contribution in [3.8, 4) is 0 Å². The van der Waals surface area contributed by atoms with Gasteiger partial charge in [0.05, 0.1) is 6.04 Å². The third-order valence-electron chi connectivity index (χ3n) is 3.83. The molecule has 1 fully saturated rings. The average Bonchev–Trinajstić information content (AvgIpc) is 2.78. The number of piperidine rings is 1. The second-order valence-electron chi connectivity index (χ2n) is 6.31. The normalized spacial score (nSPS) is 20.1. The molecular weight excluding hydrogens is 236 g/mol. The predicted octanol–water partition coefficient (Wildman–Crippen LogP) is 2.49. The molecule has 0 aromatic carbocycles. The first-order chi connectivity index (χ1) is 9.04. The molecule has 19 heavy (non-hydrogen) atoms. The van der Waals surface area contributed by atoms with Gasteiger partial charge in [-0.25, -0.2) is 4.98 Å². The predicted molar refractivity (Wildman–Crippen MR) is 79.2 cm³/mol. The van der Waals surface area contributed by atoms with Crippen molar-refractivity contribution in [2.24, 2.45) is 5.92 Å². The van der Waals surface area contributed by atoms with E-state index in [9.17, 15) is 0 Å². The maximum atomic E-state index is 4.41. The van der Waals surface area contributed by atoms with Gasteiger partial charge in [0.1, 0.15) is 5.82 Å². The number of hydrogen-bond donors (Lipinski definition) is 2. The molecule has 2 heterocycles. The van der Waals surface area contributed by atoms with E-state index in [0.717, 1.165) is 17.4 Å². The van der Waals surface area contributed by atoms with Gasteiger partial charge in [-0.05, 0) is 45.7 Å². The highest BCUT2D eigenvalue weighted by atomic mass is 15.1. The number of H-pyrrole nitrogens is 1. The van der Waals surface area contributed by atoms with Crippen LogP contribution in [0.1, 0.15) is 51.2 Å². The summed E-state index contributed by atoms with van der Waals surface area (Å²) in [5.41, 5.74) is 1.13. The lowest BCUT2D eigenvalue weighted by Crippen LogP contribution is -2.44. The molecular formula is C15H28N4. The van der Waals surface area contributed by atoms with Crippen LogP contribution >= 0.6 is 0 Å². The monoisotopic (exact) mass is 264 g/mol. The highest BCUT2D eigenvalue weighted by molar-refractivity contribution is 5.02. The Labute approximate surface area is 117 Å². The lowest BCUT2D eigenvalue weighted by molar-refractivity contribution is 0.175. The average molecular weight is 264 g/mol. The number of likely N-dealkylation sites (tertiary alicyclic amines) is 1. The van der Waals surface area contributed by atoms with Gasteiger partial charge in [-0.3, -0.25) is 0 Å². The van der Waals surface area contributed by atoms with Gasteiger partial charge in [-0.15, -0.1) is 0 Å². The number of aromatic nitrogens is 2. The number of aromatic amines is 1. The van der Waals surface area contributed by atoms with Crippen LogP contribution in [0.2, 0.25) is 0 Å². The lowest BCUT2D eigenvalue weighted by atomic mass is 10.0. The molecule has 1 aromatic rings. The van der Waals surface area contributed by atoms with Crippen molar-refractivity contribution in [1.29, 1.82) is 0 Å². The number of nitrogens with zero attached hydrogens (tertiary/aromatic N) is 2. The molecule has 0 spiro atoms. The highest BCUT2D eigenvalue weighted by Gasteiger charge is 2.21. The lowest BCUT2D eigenvalue weighted by Gasteiger charge is -2.34. The van der Waals surface area contributed by atoms with Crippen molar-refractivity contribution >= 4 is 0 Å². The van der Waals surface area contributed by atoms with Gasteiger partial charge < -0.3 is 15.2 Å². The van der Waals surface area contributed by atoms with Gasteiger partial charge in [-0.2, -0.15) is 0 Å². The molecule has 108 valence electrons. The van der Waals surface area contributed by atoms with Gasteiger partial charge in [0, 0.05) is 24.5 Å². The van der Waals surface area contributed by atoms with Gasteiger partial charge in [0.2, 0.25) is 0 Å². The quantitative estimate of drug-likeness (QED) is 0.859. The Kier molecular flexibility index (Phi) is 4.99. The van der Waals surface area contributed by atoms with Crippen molar-refractivity contribution in [3.05, 3.63) is 17.7 Å². The first-order valence-electron chi connectivity index (χ1n) is 7.54. The second kappa shape index (κ2) is 6.53. The molecule has 0 radical (unpaired) electrons. The summed E-state index contributed by atoms with van der Waals surface area (Å²) in [6.45, 7) is 12.5. The van der Waals surface area contributed by atoms with E-state index < -0.39 is 0 Å². The Hall–Kier alpha value is -0.870. The van der Waals surface area contributed by atoms with E-state index >= 15 is 0 Å². The fourth-order valence-corrected chi connectivity index (χ4v) is 2.88. The Bertz CT molecular complexity index is 377. The molecule has 2 rings (SSSR count). The van der Waals surface area contributed by atoms with Crippen LogP contribution in [-0.4, -0.2) is 40.5 Å². The first kappa shape index (κ1) is 14.5. The summed E-state index contributed by atoms with van der Waals surface area (Å²) >= 11 is 0. The Morgan fingerprint density at radius 3 is 2.58 bits per heavy atom. The van der Waals surface area contributed by atoms with Gasteiger partial charge >= 0.3 is 0 Å².